The summed E-state index contributed by atoms with van der Waals surface area (Å²) in [5, 5.41) is 7.25. The maximum absolute atomic E-state index is 6.22. The number of aromatic nitrogens is 5. The minimum Gasteiger partial charge on any atom is -0.383 e. The minimum absolute atomic E-state index is 0.418. The summed E-state index contributed by atoms with van der Waals surface area (Å²) in [5.41, 5.74) is 13.1. The molecule has 0 saturated heterocycles. The van der Waals surface area contributed by atoms with Gasteiger partial charge in [-0.15, -0.1) is 0 Å². The molecular formula is C24H23N7O. The Bertz CT molecular complexity index is 1400. The van der Waals surface area contributed by atoms with Gasteiger partial charge in [-0.2, -0.15) is 0 Å². The van der Waals surface area contributed by atoms with Gasteiger partial charge >= 0.3 is 0 Å². The zero-order valence-corrected chi connectivity index (χ0v) is 18.1. The van der Waals surface area contributed by atoms with E-state index in [2.05, 4.69) is 39.7 Å². The van der Waals surface area contributed by atoms with Crippen molar-refractivity contribution in [1.29, 1.82) is 0 Å². The van der Waals surface area contributed by atoms with Gasteiger partial charge in [-0.25, -0.2) is 15.0 Å². The summed E-state index contributed by atoms with van der Waals surface area (Å²) in [4.78, 5) is 14.1. The number of pyridine rings is 2. The molecule has 5 rings (SSSR count). The van der Waals surface area contributed by atoms with Crippen molar-refractivity contribution in [3.8, 4) is 28.3 Å². The molecule has 1 aromatic carbocycles. The van der Waals surface area contributed by atoms with Crippen molar-refractivity contribution < 1.29 is 4.52 Å². The molecule has 0 spiro atoms. The second kappa shape index (κ2) is 7.90. The van der Waals surface area contributed by atoms with Crippen molar-refractivity contribution in [2.24, 2.45) is 0 Å². The third-order valence-corrected chi connectivity index (χ3v) is 5.45. The standard InChI is InChI=1S/C24H23N7O/c1-14-21(15(2)32-30-14)19-10-11-20-24(28-19)31(17-8-6-16(7-9-17)13-26-3)23(29-20)18-5-4-12-27-22(18)25/h4-12,26H,13H2,1-3H3,(H2,25,27). The van der Waals surface area contributed by atoms with Gasteiger partial charge in [-0.3, -0.25) is 4.57 Å². The molecule has 0 aliphatic rings. The number of rotatable bonds is 5. The summed E-state index contributed by atoms with van der Waals surface area (Å²) >= 11 is 0. The van der Waals surface area contributed by atoms with E-state index in [9.17, 15) is 0 Å². The zero-order chi connectivity index (χ0) is 22.2. The monoisotopic (exact) mass is 425 g/mol. The number of imidazole rings is 1. The van der Waals surface area contributed by atoms with E-state index < -0.39 is 0 Å². The molecule has 4 aromatic heterocycles. The highest BCUT2D eigenvalue weighted by molar-refractivity contribution is 5.84. The van der Waals surface area contributed by atoms with Crippen LogP contribution in [-0.4, -0.2) is 31.7 Å². The lowest BCUT2D eigenvalue weighted by Crippen LogP contribution is -2.06. The molecule has 0 amide bonds. The van der Waals surface area contributed by atoms with Gasteiger partial charge in [0.25, 0.3) is 0 Å². The Morgan fingerprint density at radius 3 is 2.53 bits per heavy atom. The quantitative estimate of drug-likeness (QED) is 0.437. The molecule has 0 atom stereocenters. The van der Waals surface area contributed by atoms with E-state index in [1.807, 2.05) is 49.7 Å². The molecular weight excluding hydrogens is 402 g/mol. The highest BCUT2D eigenvalue weighted by Crippen LogP contribution is 2.33. The first-order valence-corrected chi connectivity index (χ1v) is 10.3. The van der Waals surface area contributed by atoms with E-state index in [-0.39, 0.29) is 0 Å². The lowest BCUT2D eigenvalue weighted by molar-refractivity contribution is 0.393. The summed E-state index contributed by atoms with van der Waals surface area (Å²) in [6.07, 6.45) is 1.67. The minimum atomic E-state index is 0.418. The molecule has 0 unspecified atom stereocenters. The second-order valence-electron chi connectivity index (χ2n) is 7.64. The summed E-state index contributed by atoms with van der Waals surface area (Å²) in [6, 6.07) is 16.0. The maximum Gasteiger partial charge on any atom is 0.165 e. The van der Waals surface area contributed by atoms with Gasteiger partial charge in [0.2, 0.25) is 0 Å². The average molecular weight is 425 g/mol. The van der Waals surface area contributed by atoms with Crippen molar-refractivity contribution >= 4 is 17.0 Å². The zero-order valence-electron chi connectivity index (χ0n) is 18.1. The highest BCUT2D eigenvalue weighted by atomic mass is 16.5. The Labute approximate surface area is 185 Å². The lowest BCUT2D eigenvalue weighted by Gasteiger charge is -2.11. The number of nitrogens with two attached hydrogens (primary N) is 1. The third kappa shape index (κ3) is 3.30. The van der Waals surface area contributed by atoms with Crippen molar-refractivity contribution in [3.05, 3.63) is 71.7 Å². The van der Waals surface area contributed by atoms with Crippen molar-refractivity contribution in [2.45, 2.75) is 20.4 Å². The van der Waals surface area contributed by atoms with Crippen LogP contribution in [0.15, 0.2) is 59.3 Å². The molecule has 32 heavy (non-hydrogen) atoms. The summed E-state index contributed by atoms with van der Waals surface area (Å²) in [5.74, 6) is 1.84. The molecule has 5 aromatic rings. The summed E-state index contributed by atoms with van der Waals surface area (Å²) < 4.78 is 7.38. The molecule has 3 N–H and O–H groups in total. The predicted octanol–water partition coefficient (Wildman–Crippen LogP) is 4.06. The first-order valence-electron chi connectivity index (χ1n) is 10.3. The van der Waals surface area contributed by atoms with Crippen LogP contribution < -0.4 is 11.1 Å². The van der Waals surface area contributed by atoms with E-state index in [4.69, 9.17) is 20.2 Å². The Morgan fingerprint density at radius 2 is 1.84 bits per heavy atom. The van der Waals surface area contributed by atoms with Crippen LogP contribution in [0, 0.1) is 13.8 Å². The summed E-state index contributed by atoms with van der Waals surface area (Å²) in [7, 11) is 1.93. The van der Waals surface area contributed by atoms with E-state index in [1.54, 1.807) is 6.20 Å². The number of hydrogen-bond acceptors (Lipinski definition) is 7. The predicted molar refractivity (Wildman–Crippen MR) is 124 cm³/mol. The van der Waals surface area contributed by atoms with E-state index >= 15 is 0 Å². The first-order chi connectivity index (χ1) is 15.6. The van der Waals surface area contributed by atoms with Crippen LogP contribution >= 0.6 is 0 Å². The molecule has 0 aliphatic carbocycles. The fourth-order valence-electron chi connectivity index (χ4n) is 3.94. The Hall–Kier alpha value is -4.04. The van der Waals surface area contributed by atoms with Crippen molar-refractivity contribution in [3.63, 3.8) is 0 Å². The average Bonchev–Trinajstić information content (AvgIpc) is 3.34. The fraction of sp³-hybridized carbons (Fsp3) is 0.167. The van der Waals surface area contributed by atoms with Gasteiger partial charge in [0.15, 0.2) is 11.5 Å². The molecule has 0 fully saturated rings. The van der Waals surface area contributed by atoms with Gasteiger partial charge in [0.05, 0.1) is 22.5 Å². The summed E-state index contributed by atoms with van der Waals surface area (Å²) in [6.45, 7) is 4.60. The maximum atomic E-state index is 6.22. The van der Waals surface area contributed by atoms with Gasteiger partial charge < -0.3 is 15.6 Å². The SMILES string of the molecule is CNCc1ccc(-n2c(-c3cccnc3N)nc3ccc(-c4c(C)noc4C)nc32)cc1. The van der Waals surface area contributed by atoms with E-state index in [0.717, 1.165) is 51.7 Å². The largest absolute Gasteiger partial charge is 0.383 e. The second-order valence-corrected chi connectivity index (χ2v) is 7.64. The Balaban J connectivity index is 1.78. The Morgan fingerprint density at radius 1 is 1.03 bits per heavy atom. The van der Waals surface area contributed by atoms with Gasteiger partial charge in [0, 0.05) is 18.4 Å². The lowest BCUT2D eigenvalue weighted by atomic mass is 10.1. The number of benzene rings is 1. The number of nitrogens with one attached hydrogen (secondary N) is 1. The molecule has 0 aliphatic heterocycles. The van der Waals surface area contributed by atoms with Crippen LogP contribution in [0.5, 0.6) is 0 Å². The number of anilines is 1. The molecule has 8 nitrogen and oxygen atoms in total. The van der Waals surface area contributed by atoms with Crippen LogP contribution in [0.2, 0.25) is 0 Å². The highest BCUT2D eigenvalue weighted by Gasteiger charge is 2.20. The number of nitrogen functional groups attached to an aromatic ring is 1. The number of aryl methyl sites for hydroxylation is 2. The molecule has 4 heterocycles. The van der Waals surface area contributed by atoms with Crippen LogP contribution in [-0.2, 0) is 6.54 Å². The topological polar surface area (TPSA) is 108 Å². The van der Waals surface area contributed by atoms with E-state index in [1.165, 1.54) is 5.56 Å². The van der Waals surface area contributed by atoms with E-state index in [0.29, 0.717) is 11.6 Å². The van der Waals surface area contributed by atoms with Crippen molar-refractivity contribution in [2.75, 3.05) is 12.8 Å². The van der Waals surface area contributed by atoms with Gasteiger partial charge in [-0.1, -0.05) is 17.3 Å². The molecule has 8 heteroatoms. The fourth-order valence-corrected chi connectivity index (χ4v) is 3.94. The third-order valence-electron chi connectivity index (χ3n) is 5.45. The smallest absolute Gasteiger partial charge is 0.165 e. The van der Waals surface area contributed by atoms with Crippen molar-refractivity contribution in [1.82, 2.24) is 30.0 Å². The van der Waals surface area contributed by atoms with Gasteiger partial charge in [0.1, 0.15) is 17.1 Å². The molecule has 0 radical (unpaired) electrons. The van der Waals surface area contributed by atoms with Crippen LogP contribution in [0.3, 0.4) is 0 Å². The van der Waals surface area contributed by atoms with Crippen LogP contribution in [0.25, 0.3) is 39.5 Å². The Kier molecular flexibility index (Phi) is 4.91. The normalized spacial score (nSPS) is 11.3. The van der Waals surface area contributed by atoms with Crippen LogP contribution in [0.1, 0.15) is 17.0 Å². The van der Waals surface area contributed by atoms with Gasteiger partial charge in [-0.05, 0) is 62.9 Å². The molecule has 160 valence electrons. The van der Waals surface area contributed by atoms with Crippen LogP contribution in [0.4, 0.5) is 5.82 Å². The number of nitrogens with zero attached hydrogens (tertiary/aromatic N) is 5. The molecule has 0 bridgehead atoms. The number of hydrogen-bond donors (Lipinski definition) is 2. The molecule has 0 saturated carbocycles. The number of fused-ring (bicyclic) bond motifs is 1. The first kappa shape index (κ1) is 19.9.